The normalized spacial score (nSPS) is 14.5. The number of methoxy groups -OCH3 is 1. The van der Waals surface area contributed by atoms with Crippen molar-refractivity contribution >= 4 is 11.7 Å². The van der Waals surface area contributed by atoms with E-state index in [0.717, 1.165) is 6.54 Å². The van der Waals surface area contributed by atoms with E-state index in [-0.39, 0.29) is 6.03 Å². The molecule has 0 aliphatic heterocycles. The Morgan fingerprint density at radius 1 is 1.40 bits per heavy atom. The third-order valence-electron chi connectivity index (χ3n) is 4.64. The van der Waals surface area contributed by atoms with Crippen molar-refractivity contribution < 1.29 is 9.53 Å². The van der Waals surface area contributed by atoms with Crippen LogP contribution in [-0.2, 0) is 0 Å². The maximum atomic E-state index is 12.5. The van der Waals surface area contributed by atoms with Crippen molar-refractivity contribution in [1.29, 1.82) is 0 Å². The van der Waals surface area contributed by atoms with Crippen LogP contribution < -0.4 is 10.1 Å². The quantitative estimate of drug-likeness (QED) is 0.901. The van der Waals surface area contributed by atoms with Crippen LogP contribution in [0.3, 0.4) is 0 Å². The molecular formula is C17H24N6O2. The molecule has 0 radical (unpaired) electrons. The van der Waals surface area contributed by atoms with Crippen LogP contribution in [0.4, 0.5) is 10.5 Å². The van der Waals surface area contributed by atoms with Crippen LogP contribution in [0.15, 0.2) is 18.2 Å². The molecule has 1 saturated carbocycles. The van der Waals surface area contributed by atoms with Gasteiger partial charge in [0.2, 0.25) is 0 Å². The molecule has 0 unspecified atom stereocenters. The van der Waals surface area contributed by atoms with Gasteiger partial charge in [-0.2, -0.15) is 4.68 Å². The van der Waals surface area contributed by atoms with E-state index in [9.17, 15) is 4.79 Å². The number of tetrazole rings is 1. The smallest absolute Gasteiger partial charge is 0.321 e. The molecule has 1 aromatic carbocycles. The van der Waals surface area contributed by atoms with Crippen LogP contribution in [0.5, 0.6) is 5.75 Å². The largest absolute Gasteiger partial charge is 0.494 e. The maximum Gasteiger partial charge on any atom is 0.321 e. The first-order chi connectivity index (χ1) is 12.1. The Morgan fingerprint density at radius 3 is 2.80 bits per heavy atom. The summed E-state index contributed by atoms with van der Waals surface area (Å²) < 4.78 is 6.96. The monoisotopic (exact) mass is 344 g/mol. The van der Waals surface area contributed by atoms with Gasteiger partial charge in [-0.25, -0.2) is 4.79 Å². The van der Waals surface area contributed by atoms with Crippen LogP contribution in [-0.4, -0.2) is 51.8 Å². The highest BCUT2D eigenvalue weighted by atomic mass is 16.5. The number of carbonyl (C=O) groups excluding carboxylic acids is 1. The maximum absolute atomic E-state index is 12.5. The van der Waals surface area contributed by atoms with Gasteiger partial charge in [-0.3, -0.25) is 0 Å². The summed E-state index contributed by atoms with van der Waals surface area (Å²) in [6, 6.07) is 5.30. The second kappa shape index (κ2) is 7.50. The molecule has 1 aromatic heterocycles. The summed E-state index contributed by atoms with van der Waals surface area (Å²) >= 11 is 0. The lowest BCUT2D eigenvalue weighted by Crippen LogP contribution is -2.34. The molecule has 3 rings (SSSR count). The van der Waals surface area contributed by atoms with E-state index in [2.05, 4.69) is 20.8 Å². The second-order valence-electron chi connectivity index (χ2n) is 6.49. The Kier molecular flexibility index (Phi) is 5.16. The number of rotatable bonds is 5. The van der Waals surface area contributed by atoms with E-state index in [1.165, 1.54) is 25.7 Å². The lowest BCUT2D eigenvalue weighted by atomic mass is 10.1. The molecule has 0 spiro atoms. The number of aromatic nitrogens is 4. The fourth-order valence-electron chi connectivity index (χ4n) is 3.27. The van der Waals surface area contributed by atoms with Gasteiger partial charge in [-0.05, 0) is 54.3 Å². The van der Waals surface area contributed by atoms with Gasteiger partial charge in [0.1, 0.15) is 11.4 Å². The topological polar surface area (TPSA) is 85.2 Å². The number of ether oxygens (including phenoxy) is 1. The van der Waals surface area contributed by atoms with Crippen molar-refractivity contribution in [3.05, 3.63) is 24.0 Å². The number of nitrogens with zero attached hydrogens (tertiary/aromatic N) is 5. The molecule has 1 aliphatic carbocycles. The van der Waals surface area contributed by atoms with Crippen LogP contribution in [0.25, 0.3) is 5.69 Å². The summed E-state index contributed by atoms with van der Waals surface area (Å²) in [5, 5.41) is 14.5. The average Bonchev–Trinajstić information content (AvgIpc) is 3.26. The summed E-state index contributed by atoms with van der Waals surface area (Å²) in [6.45, 7) is 2.60. The number of hydrogen-bond acceptors (Lipinski definition) is 5. The molecule has 0 atom stereocenters. The minimum absolute atomic E-state index is 0.114. The van der Waals surface area contributed by atoms with Crippen LogP contribution >= 0.6 is 0 Å². The Labute approximate surface area is 147 Å². The molecule has 8 nitrogen and oxygen atoms in total. The summed E-state index contributed by atoms with van der Waals surface area (Å²) in [5.41, 5.74) is 1.36. The molecule has 8 heteroatoms. The molecule has 1 aliphatic rings. The Morgan fingerprint density at radius 2 is 2.16 bits per heavy atom. The zero-order valence-electron chi connectivity index (χ0n) is 14.9. The van der Waals surface area contributed by atoms with Crippen molar-refractivity contribution in [2.75, 3.05) is 26.0 Å². The lowest BCUT2D eigenvalue weighted by molar-refractivity contribution is 0.214. The predicted molar refractivity (Wildman–Crippen MR) is 94.0 cm³/mol. The van der Waals surface area contributed by atoms with Gasteiger partial charge in [-0.15, -0.1) is 5.10 Å². The molecule has 2 amide bonds. The van der Waals surface area contributed by atoms with E-state index in [1.807, 2.05) is 19.2 Å². The highest BCUT2D eigenvalue weighted by molar-refractivity contribution is 5.89. The molecular weight excluding hydrogens is 320 g/mol. The van der Waals surface area contributed by atoms with Crippen molar-refractivity contribution in [2.45, 2.75) is 32.6 Å². The molecule has 2 aromatic rings. The van der Waals surface area contributed by atoms with Crippen molar-refractivity contribution in [3.63, 3.8) is 0 Å². The number of carbonyl (C=O) groups is 1. The molecule has 1 heterocycles. The number of anilines is 1. The minimum atomic E-state index is -0.114. The summed E-state index contributed by atoms with van der Waals surface area (Å²) in [4.78, 5) is 14.2. The van der Waals surface area contributed by atoms with E-state index in [1.54, 1.807) is 29.7 Å². The zero-order valence-corrected chi connectivity index (χ0v) is 14.9. The third-order valence-corrected chi connectivity index (χ3v) is 4.64. The summed E-state index contributed by atoms with van der Waals surface area (Å²) in [7, 11) is 3.43. The molecule has 0 saturated heterocycles. The number of urea groups is 1. The number of amides is 2. The van der Waals surface area contributed by atoms with E-state index in [0.29, 0.717) is 28.9 Å². The second-order valence-corrected chi connectivity index (χ2v) is 6.49. The van der Waals surface area contributed by atoms with Gasteiger partial charge in [-0.1, -0.05) is 12.8 Å². The van der Waals surface area contributed by atoms with Gasteiger partial charge < -0.3 is 15.0 Å². The predicted octanol–water partition coefficient (Wildman–Crippen LogP) is 2.63. The van der Waals surface area contributed by atoms with Crippen molar-refractivity contribution in [1.82, 2.24) is 25.1 Å². The van der Waals surface area contributed by atoms with E-state index < -0.39 is 0 Å². The highest BCUT2D eigenvalue weighted by Crippen LogP contribution is 2.27. The molecule has 1 fully saturated rings. The first-order valence-corrected chi connectivity index (χ1v) is 8.54. The Balaban J connectivity index is 1.74. The highest BCUT2D eigenvalue weighted by Gasteiger charge is 2.20. The number of nitrogens with one attached hydrogen (secondary N) is 1. The first kappa shape index (κ1) is 17.2. The Bertz CT molecular complexity index is 738. The molecule has 1 N–H and O–H groups in total. The van der Waals surface area contributed by atoms with Gasteiger partial charge >= 0.3 is 6.03 Å². The third kappa shape index (κ3) is 3.89. The van der Waals surface area contributed by atoms with Crippen LogP contribution in [0, 0.1) is 12.8 Å². The van der Waals surface area contributed by atoms with Gasteiger partial charge in [0.25, 0.3) is 0 Å². The van der Waals surface area contributed by atoms with Crippen LogP contribution in [0.2, 0.25) is 0 Å². The van der Waals surface area contributed by atoms with Gasteiger partial charge in [0.15, 0.2) is 5.82 Å². The van der Waals surface area contributed by atoms with Crippen LogP contribution in [0.1, 0.15) is 31.5 Å². The molecule has 0 bridgehead atoms. The van der Waals surface area contributed by atoms with Gasteiger partial charge in [0, 0.05) is 19.3 Å². The fraction of sp³-hybridized carbons (Fsp3) is 0.529. The zero-order chi connectivity index (χ0) is 17.8. The van der Waals surface area contributed by atoms with Crippen molar-refractivity contribution in [2.24, 2.45) is 5.92 Å². The molecule has 25 heavy (non-hydrogen) atoms. The summed E-state index contributed by atoms with van der Waals surface area (Å²) in [6.07, 6.45) is 4.96. The SMILES string of the molecule is COc1ccc(NC(=O)N(C)CC2CCCC2)cc1-n1nnnc1C. The fourth-order valence-corrected chi connectivity index (χ4v) is 3.27. The first-order valence-electron chi connectivity index (χ1n) is 8.54. The molecule has 134 valence electrons. The number of aryl methyl sites for hydroxylation is 1. The number of benzene rings is 1. The van der Waals surface area contributed by atoms with Crippen molar-refractivity contribution in [3.8, 4) is 11.4 Å². The minimum Gasteiger partial charge on any atom is -0.494 e. The van der Waals surface area contributed by atoms with E-state index in [4.69, 9.17) is 4.74 Å². The summed E-state index contributed by atoms with van der Waals surface area (Å²) in [5.74, 6) is 1.89. The Hall–Kier alpha value is -2.64. The lowest BCUT2D eigenvalue weighted by Gasteiger charge is -2.22. The standard InChI is InChI=1S/C17H24N6O2/c1-12-19-20-21-23(12)15-10-14(8-9-16(15)25-3)18-17(24)22(2)11-13-6-4-5-7-13/h8-10,13H,4-7,11H2,1-3H3,(H,18,24). The average molecular weight is 344 g/mol. The van der Waals surface area contributed by atoms with Gasteiger partial charge in [0.05, 0.1) is 7.11 Å². The van der Waals surface area contributed by atoms with E-state index >= 15 is 0 Å². The number of hydrogen-bond donors (Lipinski definition) is 1.